The summed E-state index contributed by atoms with van der Waals surface area (Å²) in [5.74, 6) is 1.74. The monoisotopic (exact) mass is 396 g/mol. The third-order valence-corrected chi connectivity index (χ3v) is 5.82. The van der Waals surface area contributed by atoms with E-state index in [1.165, 1.54) is 4.90 Å². The summed E-state index contributed by atoms with van der Waals surface area (Å²) in [6.07, 6.45) is 0. The summed E-state index contributed by atoms with van der Waals surface area (Å²) < 4.78 is 5.28. The van der Waals surface area contributed by atoms with E-state index in [1.807, 2.05) is 30.0 Å². The zero-order valence-corrected chi connectivity index (χ0v) is 16.2. The molecular weight excluding hydrogens is 374 g/mol. The van der Waals surface area contributed by atoms with Gasteiger partial charge in [-0.2, -0.15) is 11.8 Å². The van der Waals surface area contributed by atoms with E-state index in [-0.39, 0.29) is 12.6 Å². The number of rotatable bonds is 5. The van der Waals surface area contributed by atoms with Crippen molar-refractivity contribution in [3.8, 4) is 0 Å². The van der Waals surface area contributed by atoms with Gasteiger partial charge in [0.25, 0.3) is 0 Å². The van der Waals surface area contributed by atoms with Crippen LogP contribution in [0, 0.1) is 0 Å². The van der Waals surface area contributed by atoms with Gasteiger partial charge in [0.1, 0.15) is 6.54 Å². The molecule has 0 bridgehead atoms. The minimum Gasteiger partial charge on any atom is -0.463 e. The Balaban J connectivity index is 2.00. The highest BCUT2D eigenvalue weighted by Gasteiger charge is 2.36. The molecule has 140 valence electrons. The van der Waals surface area contributed by atoms with Crippen molar-refractivity contribution in [2.24, 2.45) is 0 Å². The molecule has 3 rings (SSSR count). The number of thioether (sulfide) groups is 1. The first kappa shape index (κ1) is 19.1. The fourth-order valence-electron chi connectivity index (χ4n) is 3.24. The number of halogens is 1. The van der Waals surface area contributed by atoms with Crippen molar-refractivity contribution in [2.75, 3.05) is 37.7 Å². The highest BCUT2D eigenvalue weighted by Crippen LogP contribution is 2.31. The first-order valence-corrected chi connectivity index (χ1v) is 10.3. The number of hydrogen-bond acceptors (Lipinski definition) is 4. The van der Waals surface area contributed by atoms with Crippen LogP contribution in [0.5, 0.6) is 0 Å². The molecule has 2 heterocycles. The minimum absolute atomic E-state index is 0.270. The maximum Gasteiger partial charge on any atom is 0.338 e. The van der Waals surface area contributed by atoms with Gasteiger partial charge in [-0.15, -0.1) is 0 Å². The number of benzene rings is 1. The van der Waals surface area contributed by atoms with Crippen LogP contribution in [-0.4, -0.2) is 49.7 Å². The Bertz CT molecular complexity index is 719. The molecule has 0 saturated carbocycles. The van der Waals surface area contributed by atoms with Gasteiger partial charge in [0, 0.05) is 16.5 Å². The van der Waals surface area contributed by atoms with Gasteiger partial charge >= 0.3 is 12.0 Å². The lowest BCUT2D eigenvalue weighted by atomic mass is 9.95. The SMILES string of the molecule is CCOC(=O)C1=C(C[NH+]2CCSCC2)NC(=O)N[C@H]1c1ccccc1Cl. The number of amides is 2. The van der Waals surface area contributed by atoms with Gasteiger partial charge in [-0.25, -0.2) is 9.59 Å². The molecule has 1 atom stereocenters. The number of ether oxygens (including phenoxy) is 1. The van der Waals surface area contributed by atoms with E-state index in [1.54, 1.807) is 13.0 Å². The van der Waals surface area contributed by atoms with Crippen LogP contribution in [-0.2, 0) is 9.53 Å². The van der Waals surface area contributed by atoms with E-state index in [0.717, 1.165) is 24.6 Å². The predicted molar refractivity (Wildman–Crippen MR) is 102 cm³/mol. The summed E-state index contributed by atoms with van der Waals surface area (Å²) in [4.78, 5) is 26.3. The molecular formula is C18H23ClN3O3S+. The van der Waals surface area contributed by atoms with E-state index in [9.17, 15) is 9.59 Å². The molecule has 0 aromatic heterocycles. The maximum atomic E-state index is 12.7. The molecule has 0 unspecified atom stereocenters. The first-order valence-electron chi connectivity index (χ1n) is 8.73. The average molecular weight is 397 g/mol. The smallest absolute Gasteiger partial charge is 0.338 e. The molecule has 1 fully saturated rings. The summed E-state index contributed by atoms with van der Waals surface area (Å²) in [5.41, 5.74) is 1.75. The van der Waals surface area contributed by atoms with Gasteiger partial charge in [0.15, 0.2) is 0 Å². The van der Waals surface area contributed by atoms with Gasteiger partial charge < -0.3 is 20.3 Å². The molecule has 0 radical (unpaired) electrons. The number of quaternary nitrogens is 1. The van der Waals surface area contributed by atoms with E-state index in [4.69, 9.17) is 16.3 Å². The summed E-state index contributed by atoms with van der Waals surface area (Å²) in [7, 11) is 0. The normalized spacial score (nSPS) is 21.2. The van der Waals surface area contributed by atoms with Crippen LogP contribution in [0.4, 0.5) is 4.79 Å². The van der Waals surface area contributed by atoms with E-state index >= 15 is 0 Å². The minimum atomic E-state index is -0.620. The van der Waals surface area contributed by atoms with Crippen molar-refractivity contribution in [3.63, 3.8) is 0 Å². The second-order valence-electron chi connectivity index (χ2n) is 6.20. The molecule has 2 amide bonds. The third-order valence-electron chi connectivity index (χ3n) is 4.49. The zero-order valence-electron chi connectivity index (χ0n) is 14.6. The fourth-order valence-corrected chi connectivity index (χ4v) is 4.55. The van der Waals surface area contributed by atoms with Crippen LogP contribution >= 0.6 is 23.4 Å². The summed E-state index contributed by atoms with van der Waals surface area (Å²) in [6, 6.07) is 6.28. The fraction of sp³-hybridized carbons (Fsp3) is 0.444. The van der Waals surface area contributed by atoms with Crippen LogP contribution in [0.15, 0.2) is 35.5 Å². The second-order valence-corrected chi connectivity index (χ2v) is 7.84. The lowest BCUT2D eigenvalue weighted by molar-refractivity contribution is -0.891. The Labute approximate surface area is 162 Å². The largest absolute Gasteiger partial charge is 0.463 e. The highest BCUT2D eigenvalue weighted by atomic mass is 35.5. The van der Waals surface area contributed by atoms with Crippen LogP contribution in [0.2, 0.25) is 5.02 Å². The number of carbonyl (C=O) groups excluding carboxylic acids is 2. The molecule has 6 nitrogen and oxygen atoms in total. The molecule has 1 aromatic carbocycles. The molecule has 1 aromatic rings. The maximum absolute atomic E-state index is 12.7. The van der Waals surface area contributed by atoms with Crippen molar-refractivity contribution in [1.29, 1.82) is 0 Å². The van der Waals surface area contributed by atoms with Crippen molar-refractivity contribution >= 4 is 35.4 Å². The molecule has 8 heteroatoms. The van der Waals surface area contributed by atoms with Gasteiger partial charge in [0.05, 0.1) is 37.0 Å². The molecule has 3 N–H and O–H groups in total. The first-order chi connectivity index (χ1) is 12.6. The third kappa shape index (κ3) is 4.34. The topological polar surface area (TPSA) is 71.9 Å². The Morgan fingerprint density at radius 3 is 2.77 bits per heavy atom. The Morgan fingerprint density at radius 2 is 2.08 bits per heavy atom. The highest BCUT2D eigenvalue weighted by molar-refractivity contribution is 7.99. The molecule has 0 spiro atoms. The van der Waals surface area contributed by atoms with Crippen LogP contribution in [0.1, 0.15) is 18.5 Å². The molecule has 2 aliphatic heterocycles. The van der Waals surface area contributed by atoms with Crippen molar-refractivity contribution < 1.29 is 19.2 Å². The molecule has 0 aliphatic carbocycles. The number of carbonyl (C=O) groups is 2. The standard InChI is InChI=1S/C18H22ClN3O3S/c1-2-25-17(23)15-14(11-22-7-9-26-10-8-22)20-18(24)21-16(15)12-5-3-4-6-13(12)19/h3-6,16H,2,7-11H2,1H3,(H2,20,21,24)/p+1/t16-/m0/s1. The summed E-state index contributed by atoms with van der Waals surface area (Å²) >= 11 is 8.27. The molecule has 1 saturated heterocycles. The summed E-state index contributed by atoms with van der Waals surface area (Å²) in [5, 5.41) is 6.16. The zero-order chi connectivity index (χ0) is 18.5. The quantitative estimate of drug-likeness (QED) is 0.653. The lowest BCUT2D eigenvalue weighted by Crippen LogP contribution is -3.14. The van der Waals surface area contributed by atoms with E-state index in [0.29, 0.717) is 28.4 Å². The Hall–Kier alpha value is -1.70. The molecule has 2 aliphatic rings. The van der Waals surface area contributed by atoms with Gasteiger partial charge in [-0.05, 0) is 18.6 Å². The van der Waals surface area contributed by atoms with Gasteiger partial charge in [-0.1, -0.05) is 29.8 Å². The number of esters is 1. The van der Waals surface area contributed by atoms with E-state index < -0.39 is 12.0 Å². The van der Waals surface area contributed by atoms with Crippen LogP contribution in [0.25, 0.3) is 0 Å². The van der Waals surface area contributed by atoms with Crippen molar-refractivity contribution in [1.82, 2.24) is 10.6 Å². The number of hydrogen-bond donors (Lipinski definition) is 3. The average Bonchev–Trinajstić information content (AvgIpc) is 2.62. The van der Waals surface area contributed by atoms with E-state index in [2.05, 4.69) is 10.6 Å². The summed E-state index contributed by atoms with van der Waals surface area (Å²) in [6.45, 7) is 4.63. The number of nitrogens with one attached hydrogen (secondary N) is 3. The van der Waals surface area contributed by atoms with Crippen LogP contribution in [0.3, 0.4) is 0 Å². The number of urea groups is 1. The van der Waals surface area contributed by atoms with Gasteiger partial charge in [0.2, 0.25) is 0 Å². The van der Waals surface area contributed by atoms with Crippen LogP contribution < -0.4 is 15.5 Å². The van der Waals surface area contributed by atoms with Crippen molar-refractivity contribution in [3.05, 3.63) is 46.1 Å². The Kier molecular flexibility index (Phi) is 6.45. The van der Waals surface area contributed by atoms with Gasteiger partial charge in [-0.3, -0.25) is 0 Å². The lowest BCUT2D eigenvalue weighted by Gasteiger charge is -2.32. The Morgan fingerprint density at radius 1 is 1.35 bits per heavy atom. The van der Waals surface area contributed by atoms with Crippen molar-refractivity contribution in [2.45, 2.75) is 13.0 Å². The molecule has 26 heavy (non-hydrogen) atoms. The predicted octanol–water partition coefficient (Wildman–Crippen LogP) is 1.14. The second kappa shape index (κ2) is 8.79.